The van der Waals surface area contributed by atoms with E-state index in [2.05, 4.69) is 15.8 Å². The minimum Gasteiger partial charge on any atom is -0.326 e. The standard InChI is InChI=1S/C18H17ClFN3O2/c1-12-2-5-14(19)10-16(12)22-17(24)8-9-18(25)23-21-11-13-3-6-15(20)7-4-13/h2-7,10-11H,8-9H2,1H3,(H,22,24)(H,23,25)/b21-11+. The van der Waals surface area contributed by atoms with Gasteiger partial charge in [-0.15, -0.1) is 0 Å². The number of carbonyl (C=O) groups is 2. The van der Waals surface area contributed by atoms with Gasteiger partial charge in [0, 0.05) is 23.6 Å². The summed E-state index contributed by atoms with van der Waals surface area (Å²) >= 11 is 5.89. The molecule has 2 aromatic carbocycles. The van der Waals surface area contributed by atoms with Crippen molar-refractivity contribution in [2.45, 2.75) is 19.8 Å². The summed E-state index contributed by atoms with van der Waals surface area (Å²) < 4.78 is 12.8. The number of hydrogen-bond donors (Lipinski definition) is 2. The molecule has 2 aromatic rings. The third kappa shape index (κ3) is 6.35. The number of amides is 2. The van der Waals surface area contributed by atoms with E-state index in [1.54, 1.807) is 18.2 Å². The summed E-state index contributed by atoms with van der Waals surface area (Å²) in [4.78, 5) is 23.6. The Balaban J connectivity index is 1.76. The van der Waals surface area contributed by atoms with Gasteiger partial charge in [-0.1, -0.05) is 29.8 Å². The van der Waals surface area contributed by atoms with Gasteiger partial charge in [0.15, 0.2) is 0 Å². The first-order valence-electron chi connectivity index (χ1n) is 7.57. The summed E-state index contributed by atoms with van der Waals surface area (Å²) in [6, 6.07) is 10.9. The van der Waals surface area contributed by atoms with E-state index >= 15 is 0 Å². The molecule has 0 spiro atoms. The lowest BCUT2D eigenvalue weighted by Gasteiger charge is -2.08. The van der Waals surface area contributed by atoms with Gasteiger partial charge in [-0.3, -0.25) is 9.59 Å². The average Bonchev–Trinajstić information content (AvgIpc) is 2.58. The molecule has 0 aliphatic heterocycles. The molecule has 2 rings (SSSR count). The first kappa shape index (κ1) is 18.6. The van der Waals surface area contributed by atoms with Gasteiger partial charge in [0.05, 0.1) is 6.21 Å². The Morgan fingerprint density at radius 3 is 2.52 bits per heavy atom. The van der Waals surface area contributed by atoms with Crippen molar-refractivity contribution in [2.75, 3.05) is 5.32 Å². The first-order chi connectivity index (χ1) is 11.9. The molecule has 130 valence electrons. The van der Waals surface area contributed by atoms with Crippen LogP contribution in [0.5, 0.6) is 0 Å². The van der Waals surface area contributed by atoms with Crippen molar-refractivity contribution in [1.29, 1.82) is 0 Å². The largest absolute Gasteiger partial charge is 0.326 e. The molecule has 0 atom stereocenters. The van der Waals surface area contributed by atoms with Crippen molar-refractivity contribution in [3.05, 3.63) is 64.4 Å². The Hall–Kier alpha value is -2.73. The van der Waals surface area contributed by atoms with Crippen molar-refractivity contribution in [1.82, 2.24) is 5.43 Å². The van der Waals surface area contributed by atoms with Crippen LogP contribution in [0.3, 0.4) is 0 Å². The highest BCUT2D eigenvalue weighted by Crippen LogP contribution is 2.20. The van der Waals surface area contributed by atoms with Gasteiger partial charge >= 0.3 is 0 Å². The maximum atomic E-state index is 12.8. The average molecular weight is 362 g/mol. The molecule has 0 fully saturated rings. The summed E-state index contributed by atoms with van der Waals surface area (Å²) in [5.41, 5.74) is 4.47. The number of halogens is 2. The number of nitrogens with one attached hydrogen (secondary N) is 2. The molecule has 2 amide bonds. The fraction of sp³-hybridized carbons (Fsp3) is 0.167. The maximum absolute atomic E-state index is 12.8. The Kier molecular flexibility index (Phi) is 6.65. The van der Waals surface area contributed by atoms with Gasteiger partial charge < -0.3 is 5.32 Å². The molecular weight excluding hydrogens is 345 g/mol. The summed E-state index contributed by atoms with van der Waals surface area (Å²) in [6.07, 6.45) is 1.41. The summed E-state index contributed by atoms with van der Waals surface area (Å²) in [7, 11) is 0. The van der Waals surface area contributed by atoms with Crippen LogP contribution in [-0.2, 0) is 9.59 Å². The van der Waals surface area contributed by atoms with Crippen LogP contribution < -0.4 is 10.7 Å². The van der Waals surface area contributed by atoms with Crippen molar-refractivity contribution >= 4 is 35.3 Å². The molecule has 0 aliphatic rings. The monoisotopic (exact) mass is 361 g/mol. The Bertz CT molecular complexity index is 791. The molecule has 0 aliphatic carbocycles. The molecule has 0 unspecified atom stereocenters. The van der Waals surface area contributed by atoms with Crippen LogP contribution in [0.4, 0.5) is 10.1 Å². The number of benzene rings is 2. The zero-order valence-electron chi connectivity index (χ0n) is 13.6. The lowest BCUT2D eigenvalue weighted by Crippen LogP contribution is -2.20. The van der Waals surface area contributed by atoms with Crippen LogP contribution in [0.1, 0.15) is 24.0 Å². The van der Waals surface area contributed by atoms with E-state index < -0.39 is 5.91 Å². The highest BCUT2D eigenvalue weighted by molar-refractivity contribution is 6.31. The number of nitrogens with zero attached hydrogens (tertiary/aromatic N) is 1. The molecule has 0 saturated heterocycles. The Labute approximate surface area is 149 Å². The smallest absolute Gasteiger partial charge is 0.240 e. The van der Waals surface area contributed by atoms with Crippen LogP contribution in [0.2, 0.25) is 5.02 Å². The zero-order chi connectivity index (χ0) is 18.2. The predicted octanol–water partition coefficient (Wildman–Crippen LogP) is 3.66. The molecule has 7 heteroatoms. The van der Waals surface area contributed by atoms with Gasteiger partial charge in [-0.05, 0) is 42.3 Å². The lowest BCUT2D eigenvalue weighted by atomic mass is 10.2. The molecule has 0 aromatic heterocycles. The van der Waals surface area contributed by atoms with Gasteiger partial charge in [0.1, 0.15) is 5.82 Å². The van der Waals surface area contributed by atoms with Crippen molar-refractivity contribution < 1.29 is 14.0 Å². The number of hydrogen-bond acceptors (Lipinski definition) is 3. The maximum Gasteiger partial charge on any atom is 0.240 e. The second-order valence-electron chi connectivity index (χ2n) is 5.35. The van der Waals surface area contributed by atoms with Crippen LogP contribution in [-0.4, -0.2) is 18.0 Å². The van der Waals surface area contributed by atoms with E-state index in [-0.39, 0.29) is 24.6 Å². The molecule has 2 N–H and O–H groups in total. The van der Waals surface area contributed by atoms with E-state index in [9.17, 15) is 14.0 Å². The normalized spacial score (nSPS) is 10.7. The highest BCUT2D eigenvalue weighted by atomic mass is 35.5. The first-order valence-corrected chi connectivity index (χ1v) is 7.95. The third-order valence-corrected chi connectivity index (χ3v) is 3.56. The molecule has 0 heterocycles. The molecule has 25 heavy (non-hydrogen) atoms. The lowest BCUT2D eigenvalue weighted by molar-refractivity contribution is -0.124. The third-order valence-electron chi connectivity index (χ3n) is 3.33. The van der Waals surface area contributed by atoms with Gasteiger partial charge in [0.2, 0.25) is 11.8 Å². The number of hydrazone groups is 1. The van der Waals surface area contributed by atoms with E-state index in [4.69, 9.17) is 11.6 Å². The van der Waals surface area contributed by atoms with E-state index in [1.807, 2.05) is 6.92 Å². The van der Waals surface area contributed by atoms with Crippen molar-refractivity contribution in [3.8, 4) is 0 Å². The summed E-state index contributed by atoms with van der Waals surface area (Å²) in [6.45, 7) is 1.85. The van der Waals surface area contributed by atoms with Crippen LogP contribution >= 0.6 is 11.6 Å². The summed E-state index contributed by atoms with van der Waals surface area (Å²) in [5.74, 6) is -1.03. The van der Waals surface area contributed by atoms with Crippen LogP contribution in [0.15, 0.2) is 47.6 Å². The van der Waals surface area contributed by atoms with Gasteiger partial charge in [0.25, 0.3) is 0 Å². The van der Waals surface area contributed by atoms with E-state index in [0.29, 0.717) is 16.3 Å². The quantitative estimate of drug-likeness (QED) is 0.609. The molecule has 0 radical (unpaired) electrons. The SMILES string of the molecule is Cc1ccc(Cl)cc1NC(=O)CCC(=O)N/N=C/c1ccc(F)cc1. The second kappa shape index (κ2) is 8.94. The van der Waals surface area contributed by atoms with Crippen molar-refractivity contribution in [3.63, 3.8) is 0 Å². The Morgan fingerprint density at radius 1 is 1.12 bits per heavy atom. The molecule has 0 saturated carbocycles. The van der Waals surface area contributed by atoms with Crippen LogP contribution in [0, 0.1) is 12.7 Å². The fourth-order valence-corrected chi connectivity index (χ4v) is 2.12. The summed E-state index contributed by atoms with van der Waals surface area (Å²) in [5, 5.41) is 7.00. The molecule has 5 nitrogen and oxygen atoms in total. The molecular formula is C18H17ClFN3O2. The number of rotatable bonds is 6. The van der Waals surface area contributed by atoms with Gasteiger partial charge in [-0.25, -0.2) is 9.82 Å². The van der Waals surface area contributed by atoms with E-state index in [0.717, 1.165) is 5.56 Å². The number of anilines is 1. The van der Waals surface area contributed by atoms with E-state index in [1.165, 1.54) is 30.5 Å². The predicted molar refractivity (Wildman–Crippen MR) is 96.2 cm³/mol. The Morgan fingerprint density at radius 2 is 1.80 bits per heavy atom. The fourth-order valence-electron chi connectivity index (χ4n) is 1.95. The minimum atomic E-state index is -0.392. The zero-order valence-corrected chi connectivity index (χ0v) is 14.3. The van der Waals surface area contributed by atoms with Crippen LogP contribution in [0.25, 0.3) is 0 Å². The topological polar surface area (TPSA) is 70.6 Å². The number of carbonyl (C=O) groups excluding carboxylic acids is 2. The molecule has 0 bridgehead atoms. The van der Waals surface area contributed by atoms with Gasteiger partial charge in [-0.2, -0.15) is 5.10 Å². The highest BCUT2D eigenvalue weighted by Gasteiger charge is 2.08. The number of aryl methyl sites for hydroxylation is 1. The minimum absolute atomic E-state index is 0.00773. The second-order valence-corrected chi connectivity index (χ2v) is 5.79. The van der Waals surface area contributed by atoms with Crippen molar-refractivity contribution in [2.24, 2.45) is 5.10 Å².